The van der Waals surface area contributed by atoms with Gasteiger partial charge in [0.15, 0.2) is 0 Å². The number of carboxylic acids is 1. The Morgan fingerprint density at radius 1 is 1.50 bits per heavy atom. The molecule has 0 bridgehead atoms. The van der Waals surface area contributed by atoms with Crippen molar-refractivity contribution in [1.29, 1.82) is 0 Å². The van der Waals surface area contributed by atoms with Crippen LogP contribution in [0.25, 0.3) is 0 Å². The van der Waals surface area contributed by atoms with Crippen LogP contribution in [0.5, 0.6) is 0 Å². The van der Waals surface area contributed by atoms with Crippen molar-refractivity contribution in [2.45, 2.75) is 26.2 Å². The van der Waals surface area contributed by atoms with Gasteiger partial charge in [-0.1, -0.05) is 0 Å². The highest BCUT2D eigenvalue weighted by atomic mass is 32.2. The Labute approximate surface area is 102 Å². The molecule has 0 spiro atoms. The number of piperidine rings is 1. The number of hydrogen-bond acceptors (Lipinski definition) is 3. The molecule has 0 radical (unpaired) electrons. The Kier molecular flexibility index (Phi) is 3.80. The molecule has 1 unspecified atom stereocenters. The van der Waals surface area contributed by atoms with Crippen LogP contribution in [0, 0.1) is 11.3 Å². The first kappa shape index (κ1) is 12.2. The normalized spacial score (nSPS) is 30.4. The van der Waals surface area contributed by atoms with Crippen molar-refractivity contribution in [3.8, 4) is 0 Å². The monoisotopic (exact) mass is 243 g/mol. The van der Waals surface area contributed by atoms with E-state index in [0.717, 1.165) is 31.8 Å². The number of thioether (sulfide) groups is 1. The van der Waals surface area contributed by atoms with Gasteiger partial charge in [-0.05, 0) is 56.7 Å². The van der Waals surface area contributed by atoms with Gasteiger partial charge in [0.25, 0.3) is 0 Å². The fourth-order valence-electron chi connectivity index (χ4n) is 2.54. The van der Waals surface area contributed by atoms with Crippen molar-refractivity contribution in [3.63, 3.8) is 0 Å². The third kappa shape index (κ3) is 2.72. The quantitative estimate of drug-likeness (QED) is 0.822. The van der Waals surface area contributed by atoms with Crippen LogP contribution >= 0.6 is 11.8 Å². The molecule has 4 heteroatoms. The molecular formula is C12H21NO2S. The summed E-state index contributed by atoms with van der Waals surface area (Å²) in [4.78, 5) is 13.6. The number of rotatable bonds is 3. The molecular weight excluding hydrogens is 222 g/mol. The van der Waals surface area contributed by atoms with E-state index < -0.39 is 11.4 Å². The van der Waals surface area contributed by atoms with Gasteiger partial charge < -0.3 is 10.0 Å². The third-order valence-corrected chi connectivity index (χ3v) is 5.25. The summed E-state index contributed by atoms with van der Waals surface area (Å²) in [5, 5.41) is 9.15. The largest absolute Gasteiger partial charge is 0.481 e. The molecule has 0 amide bonds. The lowest BCUT2D eigenvalue weighted by Gasteiger charge is -2.37. The molecule has 2 heterocycles. The lowest BCUT2D eigenvalue weighted by atomic mass is 9.80. The second kappa shape index (κ2) is 4.96. The lowest BCUT2D eigenvalue weighted by molar-refractivity contribution is -0.150. The van der Waals surface area contributed by atoms with Crippen molar-refractivity contribution in [1.82, 2.24) is 4.90 Å². The molecule has 2 saturated heterocycles. The molecule has 92 valence electrons. The number of carbonyl (C=O) groups is 1. The maximum atomic E-state index is 11.1. The van der Waals surface area contributed by atoms with Gasteiger partial charge in [0.1, 0.15) is 0 Å². The summed E-state index contributed by atoms with van der Waals surface area (Å²) in [6.45, 7) is 4.99. The number of likely N-dealkylation sites (tertiary alicyclic amines) is 1. The number of aliphatic carboxylic acids is 1. The molecule has 0 aliphatic carbocycles. The first-order valence-electron chi connectivity index (χ1n) is 6.14. The van der Waals surface area contributed by atoms with Crippen LogP contribution in [0.2, 0.25) is 0 Å². The molecule has 0 aromatic carbocycles. The van der Waals surface area contributed by atoms with Gasteiger partial charge >= 0.3 is 5.97 Å². The Morgan fingerprint density at radius 2 is 2.19 bits per heavy atom. The minimum atomic E-state index is -0.622. The third-order valence-electron chi connectivity index (χ3n) is 4.02. The van der Waals surface area contributed by atoms with Crippen LogP contribution in [0.15, 0.2) is 0 Å². The van der Waals surface area contributed by atoms with Crippen LogP contribution in [-0.4, -0.2) is 47.1 Å². The van der Waals surface area contributed by atoms with Gasteiger partial charge in [0.05, 0.1) is 5.41 Å². The van der Waals surface area contributed by atoms with Crippen LogP contribution < -0.4 is 0 Å². The summed E-state index contributed by atoms with van der Waals surface area (Å²) in [6.07, 6.45) is 2.96. The van der Waals surface area contributed by atoms with E-state index in [9.17, 15) is 4.79 Å². The zero-order valence-electron chi connectivity index (χ0n) is 9.95. The standard InChI is InChI=1S/C12H21NO2S/c1-12(11(14)15)3-5-13(6-4-12)8-10-2-7-16-9-10/h10H,2-9H2,1H3,(H,14,15). The maximum Gasteiger partial charge on any atom is 0.309 e. The molecule has 2 aliphatic rings. The zero-order chi connectivity index (χ0) is 11.6. The molecule has 1 N–H and O–H groups in total. The molecule has 2 fully saturated rings. The van der Waals surface area contributed by atoms with Gasteiger partial charge in [-0.2, -0.15) is 11.8 Å². The van der Waals surface area contributed by atoms with E-state index in [1.165, 1.54) is 24.5 Å². The zero-order valence-corrected chi connectivity index (χ0v) is 10.8. The lowest BCUT2D eigenvalue weighted by Crippen LogP contribution is -2.44. The Balaban J connectivity index is 1.78. The predicted molar refractivity (Wildman–Crippen MR) is 66.8 cm³/mol. The van der Waals surface area contributed by atoms with Crippen molar-refractivity contribution in [2.75, 3.05) is 31.1 Å². The molecule has 2 aliphatic heterocycles. The van der Waals surface area contributed by atoms with Gasteiger partial charge in [0, 0.05) is 6.54 Å². The van der Waals surface area contributed by atoms with Gasteiger partial charge in [0.2, 0.25) is 0 Å². The second-order valence-electron chi connectivity index (χ2n) is 5.40. The van der Waals surface area contributed by atoms with E-state index in [4.69, 9.17) is 5.11 Å². The van der Waals surface area contributed by atoms with Crippen molar-refractivity contribution in [2.24, 2.45) is 11.3 Å². The molecule has 16 heavy (non-hydrogen) atoms. The van der Waals surface area contributed by atoms with E-state index in [1.807, 2.05) is 6.92 Å². The minimum absolute atomic E-state index is 0.471. The number of hydrogen-bond donors (Lipinski definition) is 1. The van der Waals surface area contributed by atoms with E-state index in [1.54, 1.807) is 0 Å². The van der Waals surface area contributed by atoms with Crippen molar-refractivity contribution < 1.29 is 9.90 Å². The smallest absolute Gasteiger partial charge is 0.309 e. The second-order valence-corrected chi connectivity index (χ2v) is 6.55. The van der Waals surface area contributed by atoms with Crippen LogP contribution in [0.4, 0.5) is 0 Å². The predicted octanol–water partition coefficient (Wildman–Crippen LogP) is 1.93. The Morgan fingerprint density at radius 3 is 2.69 bits per heavy atom. The van der Waals surface area contributed by atoms with Crippen LogP contribution in [0.1, 0.15) is 26.2 Å². The summed E-state index contributed by atoms with van der Waals surface area (Å²) in [5.41, 5.74) is -0.471. The van der Waals surface area contributed by atoms with Crippen molar-refractivity contribution in [3.05, 3.63) is 0 Å². The number of nitrogens with zero attached hydrogens (tertiary/aromatic N) is 1. The number of carboxylic acid groups (broad SMARTS) is 1. The fraction of sp³-hybridized carbons (Fsp3) is 0.917. The van der Waals surface area contributed by atoms with E-state index in [0.29, 0.717) is 0 Å². The summed E-state index contributed by atoms with van der Waals surface area (Å²) in [7, 11) is 0. The Hall–Kier alpha value is -0.220. The highest BCUT2D eigenvalue weighted by Gasteiger charge is 2.37. The summed E-state index contributed by atoms with van der Waals surface area (Å²) in [6, 6.07) is 0. The topological polar surface area (TPSA) is 40.5 Å². The fourth-order valence-corrected chi connectivity index (χ4v) is 3.81. The van der Waals surface area contributed by atoms with E-state index >= 15 is 0 Å². The molecule has 0 aromatic rings. The molecule has 1 atom stereocenters. The van der Waals surface area contributed by atoms with Crippen LogP contribution in [-0.2, 0) is 4.79 Å². The minimum Gasteiger partial charge on any atom is -0.481 e. The van der Waals surface area contributed by atoms with Gasteiger partial charge in [-0.3, -0.25) is 4.79 Å². The van der Waals surface area contributed by atoms with Crippen molar-refractivity contribution >= 4 is 17.7 Å². The average molecular weight is 243 g/mol. The molecule has 0 saturated carbocycles. The van der Waals surface area contributed by atoms with E-state index in [2.05, 4.69) is 16.7 Å². The van der Waals surface area contributed by atoms with E-state index in [-0.39, 0.29) is 0 Å². The molecule has 0 aromatic heterocycles. The highest BCUT2D eigenvalue weighted by molar-refractivity contribution is 7.99. The average Bonchev–Trinajstić information content (AvgIpc) is 2.74. The molecule has 3 nitrogen and oxygen atoms in total. The maximum absolute atomic E-state index is 11.1. The summed E-state index contributed by atoms with van der Waals surface area (Å²) in [5.74, 6) is 2.83. The first-order valence-corrected chi connectivity index (χ1v) is 7.29. The van der Waals surface area contributed by atoms with Gasteiger partial charge in [-0.25, -0.2) is 0 Å². The first-order chi connectivity index (χ1) is 7.60. The summed E-state index contributed by atoms with van der Waals surface area (Å²) >= 11 is 2.05. The Bertz CT molecular complexity index is 256. The SMILES string of the molecule is CC1(C(=O)O)CCN(CC2CCSC2)CC1. The molecule has 2 rings (SSSR count). The highest BCUT2D eigenvalue weighted by Crippen LogP contribution is 2.32. The summed E-state index contributed by atoms with van der Waals surface area (Å²) < 4.78 is 0. The van der Waals surface area contributed by atoms with Crippen LogP contribution in [0.3, 0.4) is 0 Å². The van der Waals surface area contributed by atoms with Gasteiger partial charge in [-0.15, -0.1) is 0 Å².